The highest BCUT2D eigenvalue weighted by Gasteiger charge is 2.13. The van der Waals surface area contributed by atoms with Crippen molar-refractivity contribution in [3.05, 3.63) is 0 Å². The van der Waals surface area contributed by atoms with Gasteiger partial charge in [0.25, 0.3) is 0 Å². The van der Waals surface area contributed by atoms with Crippen molar-refractivity contribution in [1.82, 2.24) is 5.32 Å². The van der Waals surface area contributed by atoms with Crippen molar-refractivity contribution in [3.8, 4) is 0 Å². The van der Waals surface area contributed by atoms with E-state index in [2.05, 4.69) is 5.32 Å². The van der Waals surface area contributed by atoms with Crippen LogP contribution in [-0.4, -0.2) is 30.5 Å². The maximum atomic E-state index is 10.4. The van der Waals surface area contributed by atoms with Gasteiger partial charge in [-0.1, -0.05) is 0 Å². The summed E-state index contributed by atoms with van der Waals surface area (Å²) in [5, 5.41) is 3.28. The van der Waals surface area contributed by atoms with Crippen LogP contribution in [0.2, 0.25) is 0 Å². The third kappa shape index (κ3) is 3.62. The summed E-state index contributed by atoms with van der Waals surface area (Å²) >= 11 is 1.64. The van der Waals surface area contributed by atoms with Gasteiger partial charge in [0.1, 0.15) is 0 Å². The van der Waals surface area contributed by atoms with E-state index < -0.39 is 0 Å². The average Bonchev–Trinajstić information content (AvgIpc) is 2.39. The topological polar surface area (TPSA) is 55.1 Å². The van der Waals surface area contributed by atoms with E-state index in [1.54, 1.807) is 11.8 Å². The van der Waals surface area contributed by atoms with Gasteiger partial charge in [0.2, 0.25) is 5.91 Å². The van der Waals surface area contributed by atoms with E-state index in [0.29, 0.717) is 5.75 Å². The largest absolute Gasteiger partial charge is 0.369 e. The summed E-state index contributed by atoms with van der Waals surface area (Å²) in [5.41, 5.74) is 5.00. The molecule has 1 atom stereocenters. The third-order valence-corrected chi connectivity index (χ3v) is 2.96. The van der Waals surface area contributed by atoms with Gasteiger partial charge < -0.3 is 11.1 Å². The summed E-state index contributed by atoms with van der Waals surface area (Å²) in [5.74, 6) is 2.08. The zero-order valence-electron chi connectivity index (χ0n) is 6.51. The molecule has 0 aromatic carbocycles. The molecule has 1 unspecified atom stereocenters. The van der Waals surface area contributed by atoms with E-state index in [9.17, 15) is 4.79 Å². The van der Waals surface area contributed by atoms with Crippen molar-refractivity contribution in [2.24, 2.45) is 11.7 Å². The molecule has 1 heterocycles. The number of thioether (sulfide) groups is 1. The van der Waals surface area contributed by atoms with Gasteiger partial charge >= 0.3 is 0 Å². The van der Waals surface area contributed by atoms with E-state index in [4.69, 9.17) is 5.73 Å². The standard InChI is InChI=1S/C7H14N2OS/c8-7(10)5-11-4-6-1-2-9-3-6/h6,9H,1-5H2,(H2,8,10). The van der Waals surface area contributed by atoms with E-state index in [1.165, 1.54) is 6.42 Å². The highest BCUT2D eigenvalue weighted by molar-refractivity contribution is 7.99. The zero-order valence-corrected chi connectivity index (χ0v) is 7.32. The highest BCUT2D eigenvalue weighted by atomic mass is 32.2. The number of amides is 1. The molecule has 1 amide bonds. The van der Waals surface area contributed by atoms with Crippen molar-refractivity contribution in [2.75, 3.05) is 24.6 Å². The fourth-order valence-corrected chi connectivity index (χ4v) is 2.12. The molecule has 1 saturated heterocycles. The SMILES string of the molecule is NC(=O)CSCC1CCNC1. The molecule has 0 bridgehead atoms. The minimum Gasteiger partial charge on any atom is -0.369 e. The molecule has 0 spiro atoms. The Kier molecular flexibility index (Phi) is 3.72. The summed E-state index contributed by atoms with van der Waals surface area (Å²) in [4.78, 5) is 10.4. The van der Waals surface area contributed by atoms with E-state index >= 15 is 0 Å². The quantitative estimate of drug-likeness (QED) is 0.621. The zero-order chi connectivity index (χ0) is 8.10. The minimum absolute atomic E-state index is 0.207. The molecule has 1 rings (SSSR count). The number of nitrogens with two attached hydrogens (primary N) is 1. The number of carbonyl (C=O) groups excluding carboxylic acids is 1. The number of rotatable bonds is 4. The Labute approximate surface area is 71.1 Å². The molecule has 0 saturated carbocycles. The highest BCUT2D eigenvalue weighted by Crippen LogP contribution is 2.14. The minimum atomic E-state index is -0.207. The number of hydrogen-bond donors (Lipinski definition) is 2. The van der Waals surface area contributed by atoms with Crippen molar-refractivity contribution < 1.29 is 4.79 Å². The van der Waals surface area contributed by atoms with Crippen LogP contribution < -0.4 is 11.1 Å². The van der Waals surface area contributed by atoms with Crippen LogP contribution in [0.3, 0.4) is 0 Å². The first-order chi connectivity index (χ1) is 5.29. The predicted octanol–water partition coefficient (Wildman–Crippen LogP) is -0.186. The van der Waals surface area contributed by atoms with Crippen molar-refractivity contribution in [2.45, 2.75) is 6.42 Å². The van der Waals surface area contributed by atoms with Gasteiger partial charge in [-0.05, 0) is 31.2 Å². The van der Waals surface area contributed by atoms with Crippen molar-refractivity contribution >= 4 is 17.7 Å². The summed E-state index contributed by atoms with van der Waals surface area (Å²) in [6.07, 6.45) is 1.24. The van der Waals surface area contributed by atoms with Crippen molar-refractivity contribution in [3.63, 3.8) is 0 Å². The molecule has 1 fully saturated rings. The lowest BCUT2D eigenvalue weighted by Crippen LogP contribution is -2.16. The molecular weight excluding hydrogens is 160 g/mol. The maximum absolute atomic E-state index is 10.4. The second kappa shape index (κ2) is 4.62. The molecule has 0 aliphatic carbocycles. The van der Waals surface area contributed by atoms with Crippen LogP contribution in [0, 0.1) is 5.92 Å². The Bertz CT molecular complexity index is 134. The van der Waals surface area contributed by atoms with Gasteiger partial charge in [0.05, 0.1) is 5.75 Å². The van der Waals surface area contributed by atoms with Crippen LogP contribution in [0.15, 0.2) is 0 Å². The van der Waals surface area contributed by atoms with Crippen LogP contribution >= 0.6 is 11.8 Å². The van der Waals surface area contributed by atoms with Crippen LogP contribution in [0.4, 0.5) is 0 Å². The van der Waals surface area contributed by atoms with Gasteiger partial charge in [-0.2, -0.15) is 11.8 Å². The number of carbonyl (C=O) groups is 1. The molecule has 4 heteroatoms. The molecule has 3 nitrogen and oxygen atoms in total. The Morgan fingerprint density at radius 1 is 1.73 bits per heavy atom. The first kappa shape index (κ1) is 8.87. The number of hydrogen-bond acceptors (Lipinski definition) is 3. The van der Waals surface area contributed by atoms with Gasteiger partial charge in [-0.25, -0.2) is 0 Å². The predicted molar refractivity (Wildman–Crippen MR) is 47.5 cm³/mol. The molecule has 3 N–H and O–H groups in total. The summed E-state index contributed by atoms with van der Waals surface area (Å²) < 4.78 is 0. The lowest BCUT2D eigenvalue weighted by molar-refractivity contribution is -0.115. The Hall–Kier alpha value is -0.220. The lowest BCUT2D eigenvalue weighted by atomic mass is 10.2. The maximum Gasteiger partial charge on any atom is 0.227 e. The average molecular weight is 174 g/mol. The normalized spacial score (nSPS) is 23.8. The summed E-state index contributed by atoms with van der Waals surface area (Å²) in [6, 6.07) is 0. The van der Waals surface area contributed by atoms with Gasteiger partial charge in [-0.3, -0.25) is 4.79 Å². The molecule has 0 aromatic heterocycles. The molecule has 0 aromatic rings. The fraction of sp³-hybridized carbons (Fsp3) is 0.857. The Morgan fingerprint density at radius 2 is 2.55 bits per heavy atom. The molecule has 0 radical (unpaired) electrons. The molecule has 1 aliphatic rings. The summed E-state index contributed by atoms with van der Waals surface area (Å²) in [6.45, 7) is 2.23. The fourth-order valence-electron chi connectivity index (χ4n) is 1.18. The first-order valence-corrected chi connectivity index (χ1v) is 5.01. The van der Waals surface area contributed by atoms with Gasteiger partial charge in [0.15, 0.2) is 0 Å². The van der Waals surface area contributed by atoms with Crippen molar-refractivity contribution in [1.29, 1.82) is 0 Å². The van der Waals surface area contributed by atoms with Gasteiger partial charge in [0, 0.05) is 0 Å². The summed E-state index contributed by atoms with van der Waals surface area (Å²) in [7, 11) is 0. The monoisotopic (exact) mass is 174 g/mol. The second-order valence-electron chi connectivity index (χ2n) is 2.84. The Balaban J connectivity index is 1.98. The van der Waals surface area contributed by atoms with E-state index in [1.807, 2.05) is 0 Å². The van der Waals surface area contributed by atoms with Crippen LogP contribution in [0.5, 0.6) is 0 Å². The number of nitrogens with one attached hydrogen (secondary N) is 1. The van der Waals surface area contributed by atoms with E-state index in [-0.39, 0.29) is 5.91 Å². The first-order valence-electron chi connectivity index (χ1n) is 3.86. The third-order valence-electron chi connectivity index (χ3n) is 1.76. The molecule has 11 heavy (non-hydrogen) atoms. The molecule has 64 valence electrons. The number of primary amides is 1. The molecule has 1 aliphatic heterocycles. The van der Waals surface area contributed by atoms with Gasteiger partial charge in [-0.15, -0.1) is 0 Å². The Morgan fingerprint density at radius 3 is 3.09 bits per heavy atom. The van der Waals surface area contributed by atoms with E-state index in [0.717, 1.165) is 24.8 Å². The van der Waals surface area contributed by atoms with Crippen LogP contribution in [-0.2, 0) is 4.79 Å². The second-order valence-corrected chi connectivity index (χ2v) is 3.87. The smallest absolute Gasteiger partial charge is 0.227 e. The lowest BCUT2D eigenvalue weighted by Gasteiger charge is -2.05. The van der Waals surface area contributed by atoms with Crippen LogP contribution in [0.25, 0.3) is 0 Å². The molecular formula is C7H14N2OS. The van der Waals surface area contributed by atoms with Crippen LogP contribution in [0.1, 0.15) is 6.42 Å².